The summed E-state index contributed by atoms with van der Waals surface area (Å²) in [5, 5.41) is 3.88. The quantitative estimate of drug-likeness (QED) is 0.212. The molecule has 1 aliphatic rings. The van der Waals surface area contributed by atoms with Crippen molar-refractivity contribution >= 4 is 21.7 Å². The zero-order chi connectivity index (χ0) is 23.5. The number of likely N-dealkylation sites (N-methyl/N-ethyl adjacent to an activating group) is 1. The topological polar surface area (TPSA) is 34.6 Å². The maximum Gasteiger partial charge on any atom is 0.161 e. The van der Waals surface area contributed by atoms with Gasteiger partial charge in [-0.1, -0.05) is 50.1 Å². The number of hydrogen-bond donors (Lipinski definition) is 0. The molecule has 4 heteroatoms. The maximum absolute atomic E-state index is 6.08. The molecule has 0 saturated carbocycles. The summed E-state index contributed by atoms with van der Waals surface area (Å²) < 4.78 is 12.1. The lowest BCUT2D eigenvalue weighted by Gasteiger charge is -2.28. The number of fused-ring (bicyclic) bond motifs is 5. The summed E-state index contributed by atoms with van der Waals surface area (Å²) in [6.07, 6.45) is 4.45. The van der Waals surface area contributed by atoms with Gasteiger partial charge in [-0.25, -0.2) is 4.98 Å². The summed E-state index contributed by atoms with van der Waals surface area (Å²) in [5.74, 6) is 1.62. The SMILES string of the molecule is CCCCCOc1ccc(-c2nc3ccc4ccccc4c3c3c2CN(C)CC3)cc1OCC. The van der Waals surface area contributed by atoms with Crippen molar-refractivity contribution in [2.24, 2.45) is 0 Å². The highest BCUT2D eigenvalue weighted by atomic mass is 16.5. The molecule has 0 aliphatic carbocycles. The Kier molecular flexibility index (Phi) is 6.68. The Morgan fingerprint density at radius 1 is 0.912 bits per heavy atom. The highest BCUT2D eigenvalue weighted by molar-refractivity contribution is 6.09. The van der Waals surface area contributed by atoms with Crippen LogP contribution in [0.4, 0.5) is 0 Å². The maximum atomic E-state index is 6.08. The van der Waals surface area contributed by atoms with Crippen LogP contribution in [0.2, 0.25) is 0 Å². The molecule has 34 heavy (non-hydrogen) atoms. The van der Waals surface area contributed by atoms with Crippen LogP contribution in [0.15, 0.2) is 54.6 Å². The normalized spacial score (nSPS) is 13.9. The number of rotatable bonds is 8. The summed E-state index contributed by atoms with van der Waals surface area (Å²) >= 11 is 0. The molecule has 0 N–H and O–H groups in total. The number of ether oxygens (including phenoxy) is 2. The van der Waals surface area contributed by atoms with Crippen molar-refractivity contribution in [2.75, 3.05) is 26.8 Å². The minimum atomic E-state index is 0.604. The standard InChI is InChI=1S/C30H34N2O2/c1-4-6-9-18-34-27-15-13-22(19-28(27)33-5-2)30-25-20-32(3)17-16-24(25)29-23-11-8-7-10-21(23)12-14-26(29)31-30/h7-8,10-15,19H,4-6,9,16-18,20H2,1-3H3. The van der Waals surface area contributed by atoms with Crippen LogP contribution in [0.3, 0.4) is 0 Å². The first-order chi connectivity index (χ1) is 16.7. The van der Waals surface area contributed by atoms with Gasteiger partial charge in [0, 0.05) is 24.0 Å². The Hall–Kier alpha value is -3.11. The summed E-state index contributed by atoms with van der Waals surface area (Å²) in [6, 6.07) is 19.3. The van der Waals surface area contributed by atoms with Crippen LogP contribution >= 0.6 is 0 Å². The Labute approximate surface area is 202 Å². The molecule has 1 aromatic heterocycles. The summed E-state index contributed by atoms with van der Waals surface area (Å²) in [5.41, 5.74) is 5.98. The second kappa shape index (κ2) is 10.0. The Morgan fingerprint density at radius 3 is 2.65 bits per heavy atom. The van der Waals surface area contributed by atoms with Gasteiger partial charge in [-0.2, -0.15) is 0 Å². The molecular formula is C30H34N2O2. The first-order valence-electron chi connectivity index (χ1n) is 12.6. The Bertz CT molecular complexity index is 1310. The van der Waals surface area contributed by atoms with Crippen molar-refractivity contribution in [1.82, 2.24) is 9.88 Å². The van der Waals surface area contributed by atoms with Crippen molar-refractivity contribution in [2.45, 2.75) is 46.1 Å². The molecule has 0 unspecified atom stereocenters. The number of pyridine rings is 1. The van der Waals surface area contributed by atoms with E-state index in [0.29, 0.717) is 6.61 Å². The van der Waals surface area contributed by atoms with Crippen LogP contribution in [-0.2, 0) is 13.0 Å². The van der Waals surface area contributed by atoms with Gasteiger partial charge >= 0.3 is 0 Å². The largest absolute Gasteiger partial charge is 0.490 e. The van der Waals surface area contributed by atoms with Crippen LogP contribution in [-0.4, -0.2) is 36.7 Å². The molecule has 0 radical (unpaired) electrons. The average molecular weight is 455 g/mol. The molecule has 1 aliphatic heterocycles. The van der Waals surface area contributed by atoms with E-state index >= 15 is 0 Å². The van der Waals surface area contributed by atoms with Crippen molar-refractivity contribution in [1.29, 1.82) is 0 Å². The second-order valence-electron chi connectivity index (χ2n) is 9.24. The minimum Gasteiger partial charge on any atom is -0.490 e. The van der Waals surface area contributed by atoms with Gasteiger partial charge in [0.25, 0.3) is 0 Å². The van der Waals surface area contributed by atoms with Crippen molar-refractivity contribution in [3.63, 3.8) is 0 Å². The lowest BCUT2D eigenvalue weighted by Crippen LogP contribution is -2.27. The molecule has 0 bridgehead atoms. The van der Waals surface area contributed by atoms with Crippen LogP contribution in [0.1, 0.15) is 44.2 Å². The third kappa shape index (κ3) is 4.35. The van der Waals surface area contributed by atoms with E-state index < -0.39 is 0 Å². The molecule has 3 aromatic carbocycles. The molecule has 0 fully saturated rings. The highest BCUT2D eigenvalue weighted by Crippen LogP contribution is 2.39. The first kappa shape index (κ1) is 22.7. The fraction of sp³-hybridized carbons (Fsp3) is 0.367. The fourth-order valence-electron chi connectivity index (χ4n) is 5.07. The van der Waals surface area contributed by atoms with Crippen molar-refractivity contribution in [3.8, 4) is 22.8 Å². The van der Waals surface area contributed by atoms with Gasteiger partial charge in [0.15, 0.2) is 11.5 Å². The van der Waals surface area contributed by atoms with E-state index in [2.05, 4.69) is 73.5 Å². The minimum absolute atomic E-state index is 0.604. The molecule has 2 heterocycles. The molecule has 0 atom stereocenters. The molecule has 0 spiro atoms. The van der Waals surface area contributed by atoms with Gasteiger partial charge in [0.1, 0.15) is 0 Å². The predicted molar refractivity (Wildman–Crippen MR) is 141 cm³/mol. The molecule has 4 nitrogen and oxygen atoms in total. The third-order valence-electron chi connectivity index (χ3n) is 6.79. The zero-order valence-electron chi connectivity index (χ0n) is 20.6. The van der Waals surface area contributed by atoms with E-state index in [4.69, 9.17) is 14.5 Å². The van der Waals surface area contributed by atoms with Gasteiger partial charge < -0.3 is 14.4 Å². The van der Waals surface area contributed by atoms with Gasteiger partial charge in [-0.3, -0.25) is 0 Å². The van der Waals surface area contributed by atoms with E-state index in [9.17, 15) is 0 Å². The molecule has 5 rings (SSSR count). The van der Waals surface area contributed by atoms with E-state index in [0.717, 1.165) is 60.8 Å². The summed E-state index contributed by atoms with van der Waals surface area (Å²) in [4.78, 5) is 7.63. The van der Waals surface area contributed by atoms with E-state index in [-0.39, 0.29) is 0 Å². The first-order valence-corrected chi connectivity index (χ1v) is 12.6. The zero-order valence-corrected chi connectivity index (χ0v) is 20.6. The number of aromatic nitrogens is 1. The molecule has 4 aromatic rings. The summed E-state index contributed by atoms with van der Waals surface area (Å²) in [6.45, 7) is 7.50. The monoisotopic (exact) mass is 454 g/mol. The molecule has 0 saturated heterocycles. The lowest BCUT2D eigenvalue weighted by molar-refractivity contribution is 0.271. The van der Waals surface area contributed by atoms with Crippen molar-refractivity contribution in [3.05, 3.63) is 65.7 Å². The van der Waals surface area contributed by atoms with Crippen molar-refractivity contribution < 1.29 is 9.47 Å². The van der Waals surface area contributed by atoms with E-state index in [1.54, 1.807) is 0 Å². The Balaban J connectivity index is 1.64. The number of nitrogens with zero attached hydrogens (tertiary/aromatic N) is 2. The van der Waals surface area contributed by atoms with Crippen LogP contribution in [0.5, 0.6) is 11.5 Å². The number of unbranched alkanes of at least 4 members (excludes halogenated alkanes) is 2. The van der Waals surface area contributed by atoms with Crippen LogP contribution < -0.4 is 9.47 Å². The number of hydrogen-bond acceptors (Lipinski definition) is 4. The summed E-state index contributed by atoms with van der Waals surface area (Å²) in [7, 11) is 2.19. The van der Waals surface area contributed by atoms with Gasteiger partial charge in [-0.15, -0.1) is 0 Å². The van der Waals surface area contributed by atoms with E-state index in [1.807, 2.05) is 6.92 Å². The average Bonchev–Trinajstić information content (AvgIpc) is 2.86. The van der Waals surface area contributed by atoms with Crippen LogP contribution in [0.25, 0.3) is 32.9 Å². The highest BCUT2D eigenvalue weighted by Gasteiger charge is 2.23. The Morgan fingerprint density at radius 2 is 1.79 bits per heavy atom. The number of benzene rings is 3. The van der Waals surface area contributed by atoms with E-state index in [1.165, 1.54) is 40.1 Å². The molecule has 0 amide bonds. The lowest BCUT2D eigenvalue weighted by atomic mass is 9.89. The van der Waals surface area contributed by atoms with Crippen LogP contribution in [0, 0.1) is 0 Å². The molecular weight excluding hydrogens is 420 g/mol. The van der Waals surface area contributed by atoms with Gasteiger partial charge in [0.2, 0.25) is 0 Å². The predicted octanol–water partition coefficient (Wildman–Crippen LogP) is 7.01. The third-order valence-corrected chi connectivity index (χ3v) is 6.79. The van der Waals surface area contributed by atoms with Gasteiger partial charge in [-0.05, 0) is 73.0 Å². The molecule has 176 valence electrons. The fourth-order valence-corrected chi connectivity index (χ4v) is 5.07. The second-order valence-corrected chi connectivity index (χ2v) is 9.24. The smallest absolute Gasteiger partial charge is 0.161 e. The van der Waals surface area contributed by atoms with Gasteiger partial charge in [0.05, 0.1) is 24.4 Å².